The minimum Gasteiger partial charge on any atom is -0.872 e. The highest BCUT2D eigenvalue weighted by Gasteiger charge is 2.08. The molecule has 1 amide bonds. The molecule has 0 saturated heterocycles. The second kappa shape index (κ2) is 6.49. The number of rotatable bonds is 4. The van der Waals surface area contributed by atoms with E-state index in [2.05, 4.69) is 10.5 Å². The van der Waals surface area contributed by atoms with Crippen LogP contribution in [0.3, 0.4) is 0 Å². The fraction of sp³-hybridized carbons (Fsp3) is 0.0667. The molecule has 0 bridgehead atoms. The topological polar surface area (TPSA) is 108 Å². The first-order valence-electron chi connectivity index (χ1n) is 6.33. The van der Waals surface area contributed by atoms with E-state index in [1.807, 2.05) is 0 Å². The molecule has 1 N–H and O–H groups in total. The van der Waals surface area contributed by atoms with Crippen LogP contribution in [0.2, 0.25) is 0 Å². The Morgan fingerprint density at radius 3 is 2.59 bits per heavy atom. The number of hydrogen-bond acceptors (Lipinski definition) is 5. The number of carbonyl (C=O) groups is 1. The van der Waals surface area contributed by atoms with Crippen LogP contribution in [0.1, 0.15) is 21.5 Å². The summed E-state index contributed by atoms with van der Waals surface area (Å²) in [5.41, 5.74) is 2.76. The van der Waals surface area contributed by atoms with E-state index in [1.165, 1.54) is 13.0 Å². The SMILES string of the molecule is Cc1cc([N+](=O)[O-])cc(/C=N\NC(=O)c2ccccc2)c1[O-]. The highest BCUT2D eigenvalue weighted by atomic mass is 16.6. The van der Waals surface area contributed by atoms with Crippen LogP contribution in [0.5, 0.6) is 5.75 Å². The standard InChI is InChI=1S/C15H13N3O4/c1-10-7-13(18(21)22)8-12(14(10)19)9-16-17-15(20)11-5-3-2-4-6-11/h2-9,19H,1H3,(H,17,20)/p-1/b16-9-. The zero-order valence-corrected chi connectivity index (χ0v) is 11.6. The summed E-state index contributed by atoms with van der Waals surface area (Å²) in [6, 6.07) is 10.7. The molecule has 0 spiro atoms. The molecule has 112 valence electrons. The van der Waals surface area contributed by atoms with Crippen molar-refractivity contribution in [3.63, 3.8) is 0 Å². The van der Waals surface area contributed by atoms with Gasteiger partial charge in [-0.3, -0.25) is 14.9 Å². The van der Waals surface area contributed by atoms with Gasteiger partial charge in [0.1, 0.15) is 0 Å². The quantitative estimate of drug-likeness (QED) is 0.527. The Balaban J connectivity index is 2.17. The Kier molecular flexibility index (Phi) is 4.47. The van der Waals surface area contributed by atoms with Crippen LogP contribution in [0, 0.1) is 17.0 Å². The van der Waals surface area contributed by atoms with E-state index in [4.69, 9.17) is 0 Å². The maximum atomic E-state index is 11.9. The molecule has 2 aromatic rings. The van der Waals surface area contributed by atoms with E-state index in [-0.39, 0.29) is 22.6 Å². The van der Waals surface area contributed by atoms with Crippen molar-refractivity contribution in [2.45, 2.75) is 6.92 Å². The van der Waals surface area contributed by atoms with Gasteiger partial charge in [-0.2, -0.15) is 5.10 Å². The number of non-ortho nitro benzene ring substituents is 1. The second-order valence-electron chi connectivity index (χ2n) is 4.50. The third kappa shape index (κ3) is 3.45. The minimum atomic E-state index is -0.591. The highest BCUT2D eigenvalue weighted by molar-refractivity contribution is 5.95. The third-order valence-corrected chi connectivity index (χ3v) is 2.90. The predicted octanol–water partition coefficient (Wildman–Crippen LogP) is 1.74. The molecule has 0 aromatic heterocycles. The van der Waals surface area contributed by atoms with Gasteiger partial charge in [0.05, 0.1) is 11.1 Å². The molecular weight excluding hydrogens is 286 g/mol. The van der Waals surface area contributed by atoms with Gasteiger partial charge >= 0.3 is 0 Å². The molecule has 0 aliphatic heterocycles. The zero-order chi connectivity index (χ0) is 16.1. The number of nitro groups is 1. The molecule has 22 heavy (non-hydrogen) atoms. The largest absolute Gasteiger partial charge is 0.872 e. The number of benzene rings is 2. The molecule has 0 radical (unpaired) electrons. The zero-order valence-electron chi connectivity index (χ0n) is 11.6. The van der Waals surface area contributed by atoms with Crippen molar-refractivity contribution in [1.82, 2.24) is 5.43 Å². The number of hydrazone groups is 1. The van der Waals surface area contributed by atoms with Gasteiger partial charge in [0.15, 0.2) is 0 Å². The average Bonchev–Trinajstić information content (AvgIpc) is 2.51. The minimum absolute atomic E-state index is 0.0417. The van der Waals surface area contributed by atoms with Crippen LogP contribution < -0.4 is 10.5 Å². The second-order valence-corrected chi connectivity index (χ2v) is 4.50. The summed E-state index contributed by atoms with van der Waals surface area (Å²) < 4.78 is 0. The fourth-order valence-electron chi connectivity index (χ4n) is 1.80. The highest BCUT2D eigenvalue weighted by Crippen LogP contribution is 2.24. The first kappa shape index (κ1) is 15.2. The summed E-state index contributed by atoms with van der Waals surface area (Å²) in [6.07, 6.45) is 1.10. The lowest BCUT2D eigenvalue weighted by atomic mass is 10.1. The molecule has 7 heteroatoms. The smallest absolute Gasteiger partial charge is 0.271 e. The molecule has 0 atom stereocenters. The van der Waals surface area contributed by atoms with Crippen molar-refractivity contribution < 1.29 is 14.8 Å². The van der Waals surface area contributed by atoms with Gasteiger partial charge in [-0.25, -0.2) is 5.43 Å². The van der Waals surface area contributed by atoms with Crippen LogP contribution in [0.25, 0.3) is 0 Å². The average molecular weight is 298 g/mol. The first-order chi connectivity index (χ1) is 10.5. The van der Waals surface area contributed by atoms with Gasteiger partial charge < -0.3 is 5.11 Å². The molecule has 0 heterocycles. The monoisotopic (exact) mass is 298 g/mol. The Morgan fingerprint density at radius 1 is 1.27 bits per heavy atom. The molecule has 2 aromatic carbocycles. The number of carbonyl (C=O) groups excluding carboxylic acids is 1. The number of aryl methyl sites for hydroxylation is 1. The maximum Gasteiger partial charge on any atom is 0.271 e. The summed E-state index contributed by atoms with van der Waals surface area (Å²) in [4.78, 5) is 21.9. The van der Waals surface area contributed by atoms with Crippen molar-refractivity contribution >= 4 is 17.8 Å². The van der Waals surface area contributed by atoms with E-state index in [1.54, 1.807) is 30.3 Å². The lowest BCUT2D eigenvalue weighted by Crippen LogP contribution is -2.17. The van der Waals surface area contributed by atoms with Crippen molar-refractivity contribution in [2.75, 3.05) is 0 Å². The molecular formula is C15H12N3O4-. The van der Waals surface area contributed by atoms with E-state index in [0.717, 1.165) is 12.3 Å². The summed E-state index contributed by atoms with van der Waals surface area (Å²) in [6.45, 7) is 1.48. The third-order valence-electron chi connectivity index (χ3n) is 2.90. The lowest BCUT2D eigenvalue weighted by molar-refractivity contribution is -0.385. The van der Waals surface area contributed by atoms with Crippen LogP contribution in [-0.2, 0) is 0 Å². The molecule has 0 saturated carbocycles. The summed E-state index contributed by atoms with van der Waals surface area (Å²) in [5.74, 6) is -0.810. The molecule has 0 aliphatic carbocycles. The van der Waals surface area contributed by atoms with Crippen LogP contribution >= 0.6 is 0 Å². The fourth-order valence-corrected chi connectivity index (χ4v) is 1.80. The van der Waals surface area contributed by atoms with Crippen LogP contribution in [0.15, 0.2) is 47.6 Å². The van der Waals surface area contributed by atoms with Crippen LogP contribution in [0.4, 0.5) is 5.69 Å². The number of amides is 1. The Hall–Kier alpha value is -3.22. The van der Waals surface area contributed by atoms with Gasteiger partial charge in [-0.05, 0) is 24.6 Å². The lowest BCUT2D eigenvalue weighted by Gasteiger charge is -2.13. The van der Waals surface area contributed by atoms with Gasteiger partial charge in [-0.1, -0.05) is 29.5 Å². The van der Waals surface area contributed by atoms with Gasteiger partial charge in [0, 0.05) is 17.7 Å². The van der Waals surface area contributed by atoms with Gasteiger partial charge in [0.2, 0.25) is 0 Å². The van der Waals surface area contributed by atoms with Crippen molar-refractivity contribution in [2.24, 2.45) is 5.10 Å². The summed E-state index contributed by atoms with van der Waals surface area (Å²) >= 11 is 0. The summed E-state index contributed by atoms with van der Waals surface area (Å²) in [5, 5.41) is 26.3. The van der Waals surface area contributed by atoms with Gasteiger partial charge in [-0.15, -0.1) is 0 Å². The van der Waals surface area contributed by atoms with Gasteiger partial charge in [0.25, 0.3) is 11.6 Å². The number of nitrogens with one attached hydrogen (secondary N) is 1. The Morgan fingerprint density at radius 2 is 1.95 bits per heavy atom. The molecule has 0 unspecified atom stereocenters. The predicted molar refractivity (Wildman–Crippen MR) is 78.8 cm³/mol. The maximum absolute atomic E-state index is 11.9. The number of nitro benzene ring substituents is 1. The Bertz CT molecular complexity index is 742. The molecule has 2 rings (SSSR count). The van der Waals surface area contributed by atoms with Crippen molar-refractivity contribution in [1.29, 1.82) is 0 Å². The van der Waals surface area contributed by atoms with E-state index >= 15 is 0 Å². The molecule has 0 fully saturated rings. The number of hydrogen-bond donors (Lipinski definition) is 1. The first-order valence-corrected chi connectivity index (χ1v) is 6.33. The molecule has 7 nitrogen and oxygen atoms in total. The van der Waals surface area contributed by atoms with Crippen molar-refractivity contribution in [3.05, 3.63) is 69.3 Å². The van der Waals surface area contributed by atoms with E-state index < -0.39 is 10.8 Å². The van der Waals surface area contributed by atoms with E-state index in [9.17, 15) is 20.0 Å². The summed E-state index contributed by atoms with van der Waals surface area (Å²) in [7, 11) is 0. The van der Waals surface area contributed by atoms with Crippen molar-refractivity contribution in [3.8, 4) is 5.75 Å². The number of nitrogens with zero attached hydrogens (tertiary/aromatic N) is 2. The normalized spacial score (nSPS) is 10.6. The molecule has 0 aliphatic rings. The Labute approximate surface area is 126 Å². The van der Waals surface area contributed by atoms with E-state index in [0.29, 0.717) is 5.56 Å². The van der Waals surface area contributed by atoms with Crippen LogP contribution in [-0.4, -0.2) is 17.0 Å².